The fraction of sp³-hybridized carbons (Fsp3) is 0.600. The van der Waals surface area contributed by atoms with E-state index in [4.69, 9.17) is 10.5 Å². The Balaban J connectivity index is 2.24. The SMILES string of the molecule is CCOC(=O)c1ncn(C2CCS(=O)(=O)C2)c1N. The van der Waals surface area contributed by atoms with Gasteiger partial charge in [0, 0.05) is 0 Å². The number of anilines is 1. The maximum Gasteiger partial charge on any atom is 0.360 e. The lowest BCUT2D eigenvalue weighted by molar-refractivity contribution is 0.0521. The van der Waals surface area contributed by atoms with E-state index < -0.39 is 15.8 Å². The molecule has 0 aromatic carbocycles. The number of nitrogens with zero attached hydrogens (tertiary/aromatic N) is 2. The molecule has 1 unspecified atom stereocenters. The van der Waals surface area contributed by atoms with Crippen molar-refractivity contribution in [2.45, 2.75) is 19.4 Å². The van der Waals surface area contributed by atoms with Gasteiger partial charge in [-0.2, -0.15) is 0 Å². The summed E-state index contributed by atoms with van der Waals surface area (Å²) in [6, 6.07) is -0.245. The van der Waals surface area contributed by atoms with Gasteiger partial charge in [-0.1, -0.05) is 0 Å². The molecule has 1 atom stereocenters. The number of imidazole rings is 1. The van der Waals surface area contributed by atoms with Gasteiger partial charge in [0.1, 0.15) is 5.82 Å². The minimum Gasteiger partial charge on any atom is -0.461 e. The van der Waals surface area contributed by atoms with Crippen LogP contribution in [0.25, 0.3) is 0 Å². The Bertz CT molecular complexity index is 564. The van der Waals surface area contributed by atoms with E-state index in [-0.39, 0.29) is 35.7 Å². The van der Waals surface area contributed by atoms with Gasteiger partial charge < -0.3 is 15.0 Å². The Morgan fingerprint density at radius 3 is 2.94 bits per heavy atom. The molecule has 100 valence electrons. The molecule has 1 aromatic heterocycles. The number of sulfone groups is 1. The molecule has 7 nitrogen and oxygen atoms in total. The summed E-state index contributed by atoms with van der Waals surface area (Å²) in [6.07, 6.45) is 1.89. The van der Waals surface area contributed by atoms with Crippen molar-refractivity contribution in [1.29, 1.82) is 0 Å². The van der Waals surface area contributed by atoms with Gasteiger partial charge in [-0.05, 0) is 13.3 Å². The van der Waals surface area contributed by atoms with Crippen molar-refractivity contribution in [1.82, 2.24) is 9.55 Å². The zero-order chi connectivity index (χ0) is 13.3. The van der Waals surface area contributed by atoms with Crippen LogP contribution in [-0.2, 0) is 14.6 Å². The number of carbonyl (C=O) groups is 1. The summed E-state index contributed by atoms with van der Waals surface area (Å²) >= 11 is 0. The number of carbonyl (C=O) groups excluding carboxylic acids is 1. The fourth-order valence-electron chi connectivity index (χ4n) is 2.01. The van der Waals surface area contributed by atoms with Crippen molar-refractivity contribution in [3.63, 3.8) is 0 Å². The second kappa shape index (κ2) is 4.60. The third-order valence-corrected chi connectivity index (χ3v) is 4.65. The fourth-order valence-corrected chi connectivity index (χ4v) is 3.72. The van der Waals surface area contributed by atoms with E-state index in [1.165, 1.54) is 10.9 Å². The topological polar surface area (TPSA) is 104 Å². The van der Waals surface area contributed by atoms with Crippen LogP contribution in [-0.4, -0.2) is 42.1 Å². The molecule has 2 heterocycles. The van der Waals surface area contributed by atoms with E-state index >= 15 is 0 Å². The summed E-state index contributed by atoms with van der Waals surface area (Å²) in [5.74, 6) is -0.245. The molecule has 1 aliphatic rings. The lowest BCUT2D eigenvalue weighted by atomic mass is 10.2. The predicted molar refractivity (Wildman–Crippen MR) is 64.9 cm³/mol. The second-order valence-corrected chi connectivity index (χ2v) is 6.39. The highest BCUT2D eigenvalue weighted by Gasteiger charge is 2.31. The average molecular weight is 273 g/mol. The third-order valence-electron chi connectivity index (χ3n) is 2.90. The van der Waals surface area contributed by atoms with Gasteiger partial charge in [-0.15, -0.1) is 0 Å². The Morgan fingerprint density at radius 2 is 2.39 bits per heavy atom. The molecular weight excluding hydrogens is 258 g/mol. The second-order valence-electron chi connectivity index (χ2n) is 4.16. The van der Waals surface area contributed by atoms with E-state index in [1.807, 2.05) is 0 Å². The van der Waals surface area contributed by atoms with Crippen LogP contribution in [0.1, 0.15) is 29.9 Å². The summed E-state index contributed by atoms with van der Waals surface area (Å²) < 4.78 is 29.2. The van der Waals surface area contributed by atoms with Gasteiger partial charge in [0.25, 0.3) is 0 Å². The molecule has 0 aliphatic carbocycles. The van der Waals surface area contributed by atoms with Gasteiger partial charge in [0.15, 0.2) is 15.5 Å². The lowest BCUT2D eigenvalue weighted by Gasteiger charge is -2.11. The van der Waals surface area contributed by atoms with Crippen molar-refractivity contribution in [2.24, 2.45) is 0 Å². The van der Waals surface area contributed by atoms with E-state index in [0.29, 0.717) is 6.42 Å². The average Bonchev–Trinajstić information content (AvgIpc) is 2.82. The van der Waals surface area contributed by atoms with Gasteiger partial charge in [0.05, 0.1) is 30.5 Å². The molecule has 18 heavy (non-hydrogen) atoms. The first-order valence-corrected chi connectivity index (χ1v) is 7.46. The zero-order valence-electron chi connectivity index (χ0n) is 10.00. The van der Waals surface area contributed by atoms with Crippen molar-refractivity contribution in [3.8, 4) is 0 Å². The molecule has 1 fully saturated rings. The van der Waals surface area contributed by atoms with Gasteiger partial charge in [-0.3, -0.25) is 0 Å². The number of nitrogen functional groups attached to an aromatic ring is 1. The zero-order valence-corrected chi connectivity index (χ0v) is 10.8. The van der Waals surface area contributed by atoms with Crippen LogP contribution in [0.15, 0.2) is 6.33 Å². The molecule has 0 amide bonds. The van der Waals surface area contributed by atoms with E-state index in [0.717, 1.165) is 0 Å². The first-order chi connectivity index (χ1) is 8.44. The highest BCUT2D eigenvalue weighted by atomic mass is 32.2. The number of esters is 1. The first-order valence-electron chi connectivity index (χ1n) is 5.64. The smallest absolute Gasteiger partial charge is 0.360 e. The Morgan fingerprint density at radius 1 is 1.67 bits per heavy atom. The van der Waals surface area contributed by atoms with Crippen LogP contribution < -0.4 is 5.73 Å². The quantitative estimate of drug-likeness (QED) is 0.777. The van der Waals surface area contributed by atoms with Crippen molar-refractivity contribution >= 4 is 21.6 Å². The first kappa shape index (κ1) is 12.9. The molecule has 1 aromatic rings. The van der Waals surface area contributed by atoms with Crippen molar-refractivity contribution in [3.05, 3.63) is 12.0 Å². The number of hydrogen-bond donors (Lipinski definition) is 1. The van der Waals surface area contributed by atoms with Gasteiger partial charge >= 0.3 is 5.97 Å². The normalized spacial score (nSPS) is 21.9. The Labute approximate surface area is 105 Å². The maximum atomic E-state index is 11.5. The van der Waals surface area contributed by atoms with E-state index in [9.17, 15) is 13.2 Å². The van der Waals surface area contributed by atoms with Crippen LogP contribution in [0.3, 0.4) is 0 Å². The molecule has 0 radical (unpaired) electrons. The van der Waals surface area contributed by atoms with Gasteiger partial charge in [-0.25, -0.2) is 18.2 Å². The summed E-state index contributed by atoms with van der Waals surface area (Å²) in [5.41, 5.74) is 5.85. The minimum atomic E-state index is -3.00. The third kappa shape index (κ3) is 2.33. The molecule has 0 bridgehead atoms. The molecule has 0 spiro atoms. The molecule has 1 saturated heterocycles. The Kier molecular flexibility index (Phi) is 3.29. The molecule has 8 heteroatoms. The largest absolute Gasteiger partial charge is 0.461 e. The predicted octanol–water partition coefficient (Wildman–Crippen LogP) is 0.00160. The standard InChI is InChI=1S/C10H15N3O4S/c1-2-17-10(14)8-9(11)13(6-12-8)7-3-4-18(15,16)5-7/h6-7H,2-5,11H2,1H3. The highest BCUT2D eigenvalue weighted by Crippen LogP contribution is 2.27. The molecule has 0 saturated carbocycles. The van der Waals surface area contributed by atoms with E-state index in [1.54, 1.807) is 6.92 Å². The summed E-state index contributed by atoms with van der Waals surface area (Å²) in [7, 11) is -3.00. The molecular formula is C10H15N3O4S. The van der Waals surface area contributed by atoms with Crippen LogP contribution in [0, 0.1) is 0 Å². The van der Waals surface area contributed by atoms with Gasteiger partial charge in [0.2, 0.25) is 0 Å². The summed E-state index contributed by atoms with van der Waals surface area (Å²) in [6.45, 7) is 1.93. The van der Waals surface area contributed by atoms with Crippen molar-refractivity contribution < 1.29 is 17.9 Å². The van der Waals surface area contributed by atoms with Crippen LogP contribution in [0.4, 0.5) is 5.82 Å². The maximum absolute atomic E-state index is 11.5. The highest BCUT2D eigenvalue weighted by molar-refractivity contribution is 7.91. The molecule has 2 rings (SSSR count). The van der Waals surface area contributed by atoms with E-state index in [2.05, 4.69) is 4.98 Å². The van der Waals surface area contributed by atoms with Crippen molar-refractivity contribution in [2.75, 3.05) is 23.8 Å². The Hall–Kier alpha value is -1.57. The number of aromatic nitrogens is 2. The molecule has 1 aliphatic heterocycles. The number of rotatable bonds is 3. The summed E-state index contributed by atoms with van der Waals surface area (Å²) in [4.78, 5) is 15.4. The number of hydrogen-bond acceptors (Lipinski definition) is 6. The minimum absolute atomic E-state index is 0.0375. The van der Waals surface area contributed by atoms with Crippen LogP contribution in [0.2, 0.25) is 0 Å². The van der Waals surface area contributed by atoms with Crippen LogP contribution >= 0.6 is 0 Å². The molecule has 2 N–H and O–H groups in total. The lowest BCUT2D eigenvalue weighted by Crippen LogP contribution is -2.14. The number of ether oxygens (including phenoxy) is 1. The summed E-state index contributed by atoms with van der Waals surface area (Å²) in [5, 5.41) is 0. The number of nitrogens with two attached hydrogens (primary N) is 1. The monoisotopic (exact) mass is 273 g/mol. The van der Waals surface area contributed by atoms with Crippen LogP contribution in [0.5, 0.6) is 0 Å².